The summed E-state index contributed by atoms with van der Waals surface area (Å²) in [6, 6.07) is 7.82. The lowest BCUT2D eigenvalue weighted by atomic mass is 10.1. The zero-order valence-corrected chi connectivity index (χ0v) is 15.7. The lowest BCUT2D eigenvalue weighted by Crippen LogP contribution is -2.51. The second-order valence-corrected chi connectivity index (χ2v) is 6.38. The van der Waals surface area contributed by atoms with E-state index in [1.807, 2.05) is 25.2 Å². The van der Waals surface area contributed by atoms with Gasteiger partial charge in [-0.2, -0.15) is 0 Å². The number of likely N-dealkylation sites (N-methyl/N-ethyl adjacent to an activating group) is 1. The predicted molar refractivity (Wildman–Crippen MR) is 101 cm³/mol. The number of furan rings is 1. The minimum atomic E-state index is -0.249. The molecule has 1 N–H and O–H groups in total. The smallest absolute Gasteiger partial charge is 0.242 e. The summed E-state index contributed by atoms with van der Waals surface area (Å²) in [4.78, 5) is 14.4. The Kier molecular flexibility index (Phi) is 7.29. The number of morpholine rings is 1. The van der Waals surface area contributed by atoms with Gasteiger partial charge in [0.25, 0.3) is 0 Å². The summed E-state index contributed by atoms with van der Waals surface area (Å²) in [7, 11) is 1.85. The molecule has 5 nitrogen and oxygen atoms in total. The largest absolute Gasteiger partial charge is 0.461 e. The molecule has 0 radical (unpaired) electrons. The first-order valence-corrected chi connectivity index (χ1v) is 8.76. The molecule has 6 heteroatoms. The maximum atomic E-state index is 12.6. The van der Waals surface area contributed by atoms with E-state index in [4.69, 9.17) is 9.15 Å². The molecule has 2 heterocycles. The number of benzene rings is 1. The molecule has 2 aromatic rings. The summed E-state index contributed by atoms with van der Waals surface area (Å²) in [5, 5.41) is 4.33. The van der Waals surface area contributed by atoms with Gasteiger partial charge in [-0.15, -0.1) is 12.4 Å². The van der Waals surface area contributed by atoms with E-state index < -0.39 is 0 Å². The van der Waals surface area contributed by atoms with E-state index >= 15 is 0 Å². The van der Waals surface area contributed by atoms with Gasteiger partial charge in [0.1, 0.15) is 17.4 Å². The van der Waals surface area contributed by atoms with Crippen LogP contribution in [0.3, 0.4) is 0 Å². The Labute approximate surface area is 155 Å². The number of unbranched alkanes of at least 4 members (excludes halogenated alkanes) is 1. The van der Waals surface area contributed by atoms with Crippen LogP contribution in [0.25, 0.3) is 11.0 Å². The zero-order valence-electron chi connectivity index (χ0n) is 14.9. The van der Waals surface area contributed by atoms with Gasteiger partial charge < -0.3 is 19.4 Å². The van der Waals surface area contributed by atoms with Crippen molar-refractivity contribution in [3.8, 4) is 0 Å². The molecule has 25 heavy (non-hydrogen) atoms. The molecule has 0 saturated carbocycles. The van der Waals surface area contributed by atoms with Crippen LogP contribution in [0.2, 0.25) is 0 Å². The number of ether oxygens (including phenoxy) is 1. The number of nitrogens with one attached hydrogen (secondary N) is 1. The van der Waals surface area contributed by atoms with Crippen molar-refractivity contribution in [2.24, 2.45) is 0 Å². The van der Waals surface area contributed by atoms with Crippen molar-refractivity contribution in [2.75, 3.05) is 26.8 Å². The van der Waals surface area contributed by atoms with Gasteiger partial charge in [-0.1, -0.05) is 31.5 Å². The van der Waals surface area contributed by atoms with Crippen LogP contribution in [0.4, 0.5) is 0 Å². The van der Waals surface area contributed by atoms with Gasteiger partial charge in [0, 0.05) is 37.5 Å². The molecule has 3 rings (SSSR count). The molecule has 138 valence electrons. The van der Waals surface area contributed by atoms with Crippen LogP contribution in [-0.4, -0.2) is 43.7 Å². The number of fused-ring (bicyclic) bond motifs is 1. The number of halogens is 1. The molecule has 0 bridgehead atoms. The highest BCUT2D eigenvalue weighted by Crippen LogP contribution is 2.28. The normalized spacial score (nSPS) is 17.3. The summed E-state index contributed by atoms with van der Waals surface area (Å²) < 4.78 is 11.5. The highest BCUT2D eigenvalue weighted by molar-refractivity contribution is 5.85. The second kappa shape index (κ2) is 9.22. The molecule has 1 aromatic carbocycles. The van der Waals surface area contributed by atoms with Gasteiger partial charge in [-0.3, -0.25) is 4.79 Å². The highest BCUT2D eigenvalue weighted by Gasteiger charge is 2.26. The molecule has 1 saturated heterocycles. The van der Waals surface area contributed by atoms with Crippen molar-refractivity contribution >= 4 is 29.3 Å². The topological polar surface area (TPSA) is 54.7 Å². The van der Waals surface area contributed by atoms with Crippen molar-refractivity contribution in [2.45, 2.75) is 38.8 Å². The lowest BCUT2D eigenvalue weighted by molar-refractivity contribution is -0.135. The Hall–Kier alpha value is -1.56. The molecule has 1 aliphatic rings. The standard InChI is InChI=1S/C19H26N2O3.ClH/c1-3-4-8-18-15(14-7-5-6-9-17(14)24-18)12-21(2)19(22)16-13-23-11-10-20-16;/h5-7,9,16,20H,3-4,8,10-13H2,1-2H3;1H. The minimum Gasteiger partial charge on any atom is -0.461 e. The number of hydrogen-bond donors (Lipinski definition) is 1. The fourth-order valence-electron chi connectivity index (χ4n) is 3.17. The zero-order chi connectivity index (χ0) is 16.9. The van der Waals surface area contributed by atoms with E-state index in [1.165, 1.54) is 0 Å². The van der Waals surface area contributed by atoms with Crippen molar-refractivity contribution in [3.05, 3.63) is 35.6 Å². The lowest BCUT2D eigenvalue weighted by Gasteiger charge is -2.27. The summed E-state index contributed by atoms with van der Waals surface area (Å²) in [5.41, 5.74) is 2.03. The summed E-state index contributed by atoms with van der Waals surface area (Å²) in [6.45, 7) is 4.57. The first-order chi connectivity index (χ1) is 11.7. The van der Waals surface area contributed by atoms with Crippen LogP contribution in [0.15, 0.2) is 28.7 Å². The van der Waals surface area contributed by atoms with E-state index in [1.54, 1.807) is 4.90 Å². The number of carbonyl (C=O) groups is 1. The SMILES string of the molecule is CCCCc1oc2ccccc2c1CN(C)C(=O)C1COCCN1.Cl. The Balaban J connectivity index is 0.00000225. The van der Waals surface area contributed by atoms with Gasteiger partial charge >= 0.3 is 0 Å². The third kappa shape index (κ3) is 4.54. The van der Waals surface area contributed by atoms with Crippen molar-refractivity contribution in [1.82, 2.24) is 10.2 Å². The number of aryl methyl sites for hydroxylation is 1. The molecule has 1 atom stereocenters. The molecule has 0 spiro atoms. The first-order valence-electron chi connectivity index (χ1n) is 8.76. The Bertz CT molecular complexity index is 695. The Morgan fingerprint density at radius 2 is 2.16 bits per heavy atom. The van der Waals surface area contributed by atoms with Gasteiger partial charge in [0.2, 0.25) is 5.91 Å². The van der Waals surface area contributed by atoms with Crippen LogP contribution in [0.5, 0.6) is 0 Å². The van der Waals surface area contributed by atoms with Crippen molar-refractivity contribution in [1.29, 1.82) is 0 Å². The Morgan fingerprint density at radius 1 is 1.36 bits per heavy atom. The maximum absolute atomic E-state index is 12.6. The van der Waals surface area contributed by atoms with Crippen molar-refractivity contribution in [3.63, 3.8) is 0 Å². The third-order valence-corrected chi connectivity index (χ3v) is 4.53. The average Bonchev–Trinajstić information content (AvgIpc) is 2.97. The predicted octanol–water partition coefficient (Wildman–Crippen LogP) is 3.14. The fourth-order valence-corrected chi connectivity index (χ4v) is 3.17. The fraction of sp³-hybridized carbons (Fsp3) is 0.526. The molecular formula is C19H27ClN2O3. The first kappa shape index (κ1) is 19.8. The van der Waals surface area contributed by atoms with Crippen LogP contribution < -0.4 is 5.32 Å². The number of hydrogen-bond acceptors (Lipinski definition) is 4. The van der Waals surface area contributed by atoms with Gasteiger partial charge in [-0.25, -0.2) is 0 Å². The molecular weight excluding hydrogens is 340 g/mol. The number of rotatable bonds is 6. The maximum Gasteiger partial charge on any atom is 0.242 e. The van der Waals surface area contributed by atoms with Crippen LogP contribution in [0, 0.1) is 0 Å². The molecule has 1 fully saturated rings. The second-order valence-electron chi connectivity index (χ2n) is 6.38. The number of carbonyl (C=O) groups excluding carboxylic acids is 1. The summed E-state index contributed by atoms with van der Waals surface area (Å²) in [6.07, 6.45) is 3.12. The molecule has 1 unspecified atom stereocenters. The number of amides is 1. The summed E-state index contributed by atoms with van der Waals surface area (Å²) >= 11 is 0. The molecule has 1 aromatic heterocycles. The molecule has 1 aliphatic heterocycles. The van der Waals surface area contributed by atoms with E-state index in [0.717, 1.165) is 48.1 Å². The molecule has 1 amide bonds. The highest BCUT2D eigenvalue weighted by atomic mass is 35.5. The quantitative estimate of drug-likeness (QED) is 0.853. The van der Waals surface area contributed by atoms with Gasteiger partial charge in [0.05, 0.1) is 13.2 Å². The monoisotopic (exact) mass is 366 g/mol. The number of nitrogens with zero attached hydrogens (tertiary/aromatic N) is 1. The van der Waals surface area contributed by atoms with E-state index in [0.29, 0.717) is 19.8 Å². The van der Waals surface area contributed by atoms with Crippen molar-refractivity contribution < 1.29 is 13.9 Å². The third-order valence-electron chi connectivity index (χ3n) is 4.53. The summed E-state index contributed by atoms with van der Waals surface area (Å²) in [5.74, 6) is 1.08. The van der Waals surface area contributed by atoms with Crippen LogP contribution in [0.1, 0.15) is 31.1 Å². The van der Waals surface area contributed by atoms with Gasteiger partial charge in [0.15, 0.2) is 0 Å². The number of para-hydroxylation sites is 1. The van der Waals surface area contributed by atoms with Gasteiger partial charge in [-0.05, 0) is 12.5 Å². The molecule has 0 aliphatic carbocycles. The van der Waals surface area contributed by atoms with E-state index in [9.17, 15) is 4.79 Å². The average molecular weight is 367 g/mol. The minimum absolute atomic E-state index is 0. The van der Waals surface area contributed by atoms with E-state index in [2.05, 4.69) is 18.3 Å². The van der Waals surface area contributed by atoms with Crippen LogP contribution >= 0.6 is 12.4 Å². The Morgan fingerprint density at radius 3 is 2.88 bits per heavy atom. The van der Waals surface area contributed by atoms with Crippen LogP contribution in [-0.2, 0) is 22.5 Å². The van der Waals surface area contributed by atoms with E-state index in [-0.39, 0.29) is 24.4 Å².